The van der Waals surface area contributed by atoms with Crippen molar-refractivity contribution in [2.24, 2.45) is 0 Å². The molecule has 0 radical (unpaired) electrons. The number of nitrogens with one attached hydrogen (secondary N) is 1. The van der Waals surface area contributed by atoms with Crippen molar-refractivity contribution in [3.05, 3.63) is 44.6 Å². The highest BCUT2D eigenvalue weighted by Crippen LogP contribution is 2.25. The number of carbonyl (C=O) groups is 1. The molecule has 0 aliphatic rings. The van der Waals surface area contributed by atoms with Crippen molar-refractivity contribution in [3.63, 3.8) is 0 Å². The minimum Gasteiger partial charge on any atom is -0.478 e. The number of aromatic nitrogens is 1. The number of hydrogen-bond donors (Lipinski definition) is 3. The largest absolute Gasteiger partial charge is 0.478 e. The third-order valence-electron chi connectivity index (χ3n) is 2.36. The van der Waals surface area contributed by atoms with E-state index < -0.39 is 5.97 Å². The fourth-order valence-electron chi connectivity index (χ4n) is 1.45. The van der Waals surface area contributed by atoms with Crippen LogP contribution >= 0.6 is 34.2 Å². The maximum absolute atomic E-state index is 11.0. The van der Waals surface area contributed by atoms with Crippen LogP contribution in [0.1, 0.15) is 10.4 Å². The average molecular weight is 390 g/mol. The van der Waals surface area contributed by atoms with Gasteiger partial charge < -0.3 is 16.2 Å². The van der Waals surface area contributed by atoms with Gasteiger partial charge in [0.05, 0.1) is 23.1 Å². The fraction of sp³-hybridized carbons (Fsp3) is 0. The van der Waals surface area contributed by atoms with E-state index in [0.29, 0.717) is 10.8 Å². The van der Waals surface area contributed by atoms with Crippen molar-refractivity contribution < 1.29 is 9.90 Å². The zero-order valence-corrected chi connectivity index (χ0v) is 12.4. The van der Waals surface area contributed by atoms with Crippen LogP contribution in [-0.4, -0.2) is 16.1 Å². The molecule has 1 aromatic carbocycles. The minimum absolute atomic E-state index is 0.0153. The topological polar surface area (TPSA) is 88.2 Å². The molecule has 2 aromatic rings. The number of carboxylic acids is 1. The van der Waals surface area contributed by atoms with Gasteiger partial charge in [-0.15, -0.1) is 0 Å². The van der Waals surface area contributed by atoms with Crippen LogP contribution in [0.15, 0.2) is 30.5 Å². The number of halogens is 2. The molecular formula is C12H9ClIN3O2. The van der Waals surface area contributed by atoms with Gasteiger partial charge in [0.15, 0.2) is 0 Å². The summed E-state index contributed by atoms with van der Waals surface area (Å²) in [5.41, 5.74) is 6.48. The van der Waals surface area contributed by atoms with Gasteiger partial charge in [-0.3, -0.25) is 0 Å². The number of anilines is 3. The molecule has 19 heavy (non-hydrogen) atoms. The highest BCUT2D eigenvalue weighted by Gasteiger charge is 2.10. The first kappa shape index (κ1) is 13.9. The molecule has 0 aliphatic heterocycles. The van der Waals surface area contributed by atoms with Crippen molar-refractivity contribution in [2.75, 3.05) is 11.1 Å². The molecule has 0 bridgehead atoms. The Morgan fingerprint density at radius 2 is 2.16 bits per heavy atom. The summed E-state index contributed by atoms with van der Waals surface area (Å²) in [5, 5.41) is 12.6. The summed E-state index contributed by atoms with van der Waals surface area (Å²) in [6.07, 6.45) is 1.31. The maximum Gasteiger partial charge on any atom is 0.337 e. The minimum atomic E-state index is -1.09. The molecule has 7 heteroatoms. The number of nitrogens with zero attached hydrogens (tertiary/aromatic N) is 1. The second-order valence-corrected chi connectivity index (χ2v) is 5.31. The standard InChI is InChI=1S/C12H9ClIN3O2/c13-6-1-2-10(8(14)3-6)17-11-4-7(12(18)19)9(15)5-16-11/h1-5H,15H2,(H,16,17)(H,18,19). The second-order valence-electron chi connectivity index (χ2n) is 3.71. The Bertz CT molecular complexity index is 649. The fourth-order valence-corrected chi connectivity index (χ4v) is 2.45. The van der Waals surface area contributed by atoms with Crippen LogP contribution < -0.4 is 11.1 Å². The number of nitrogen functional groups attached to an aromatic ring is 1. The van der Waals surface area contributed by atoms with Gasteiger partial charge in [-0.2, -0.15) is 0 Å². The van der Waals surface area contributed by atoms with Gasteiger partial charge in [0.25, 0.3) is 0 Å². The monoisotopic (exact) mass is 389 g/mol. The van der Waals surface area contributed by atoms with E-state index in [9.17, 15) is 4.79 Å². The molecule has 1 aromatic heterocycles. The Hall–Kier alpha value is -1.54. The lowest BCUT2D eigenvalue weighted by Gasteiger charge is -2.09. The first-order valence-corrected chi connectivity index (χ1v) is 6.64. The molecule has 0 fully saturated rings. The molecule has 0 saturated carbocycles. The lowest BCUT2D eigenvalue weighted by atomic mass is 10.2. The van der Waals surface area contributed by atoms with Crippen LogP contribution in [0.25, 0.3) is 0 Å². The summed E-state index contributed by atoms with van der Waals surface area (Å²) in [5.74, 6) is -0.680. The number of rotatable bonds is 3. The number of benzene rings is 1. The van der Waals surface area contributed by atoms with Crippen LogP contribution in [0.5, 0.6) is 0 Å². The van der Waals surface area contributed by atoms with Gasteiger partial charge in [-0.05, 0) is 46.9 Å². The summed E-state index contributed by atoms with van der Waals surface area (Å²) < 4.78 is 0.903. The average Bonchev–Trinajstić information content (AvgIpc) is 2.34. The van der Waals surface area contributed by atoms with E-state index in [1.54, 1.807) is 18.2 Å². The number of nitrogens with two attached hydrogens (primary N) is 1. The predicted molar refractivity (Wildman–Crippen MR) is 83.1 cm³/mol. The van der Waals surface area contributed by atoms with E-state index in [-0.39, 0.29) is 11.3 Å². The van der Waals surface area contributed by atoms with Crippen molar-refractivity contribution in [1.82, 2.24) is 4.98 Å². The molecular weight excluding hydrogens is 381 g/mol. The lowest BCUT2D eigenvalue weighted by Crippen LogP contribution is -2.05. The highest BCUT2D eigenvalue weighted by atomic mass is 127. The molecule has 98 valence electrons. The molecule has 2 rings (SSSR count). The number of aromatic carboxylic acids is 1. The SMILES string of the molecule is Nc1cnc(Nc2ccc(Cl)cc2I)cc1C(=O)O. The molecule has 0 spiro atoms. The Balaban J connectivity index is 2.33. The Labute approximate surface area is 127 Å². The van der Waals surface area contributed by atoms with E-state index in [4.69, 9.17) is 22.4 Å². The molecule has 1 heterocycles. The van der Waals surface area contributed by atoms with Gasteiger partial charge in [0.2, 0.25) is 0 Å². The van der Waals surface area contributed by atoms with Gasteiger partial charge in [0, 0.05) is 8.59 Å². The van der Waals surface area contributed by atoms with E-state index in [2.05, 4.69) is 32.9 Å². The molecule has 0 atom stereocenters. The number of carboxylic acid groups (broad SMARTS) is 1. The van der Waals surface area contributed by atoms with Crippen molar-refractivity contribution in [1.29, 1.82) is 0 Å². The van der Waals surface area contributed by atoms with E-state index in [1.807, 2.05) is 0 Å². The predicted octanol–water partition coefficient (Wildman–Crippen LogP) is 3.36. The van der Waals surface area contributed by atoms with Crippen LogP contribution in [0.4, 0.5) is 17.2 Å². The Kier molecular flexibility index (Phi) is 4.11. The molecule has 0 saturated heterocycles. The molecule has 5 nitrogen and oxygen atoms in total. The molecule has 0 amide bonds. The first-order valence-electron chi connectivity index (χ1n) is 5.18. The number of hydrogen-bond acceptors (Lipinski definition) is 4. The quantitative estimate of drug-likeness (QED) is 0.701. The van der Waals surface area contributed by atoms with Gasteiger partial charge in [-0.25, -0.2) is 9.78 Å². The van der Waals surface area contributed by atoms with Gasteiger partial charge >= 0.3 is 5.97 Å². The van der Waals surface area contributed by atoms with E-state index in [1.165, 1.54) is 12.3 Å². The summed E-state index contributed by atoms with van der Waals surface area (Å²) in [6, 6.07) is 6.71. The summed E-state index contributed by atoms with van der Waals surface area (Å²) in [6.45, 7) is 0. The Morgan fingerprint density at radius 1 is 1.42 bits per heavy atom. The highest BCUT2D eigenvalue weighted by molar-refractivity contribution is 14.1. The van der Waals surface area contributed by atoms with Crippen LogP contribution in [0.2, 0.25) is 5.02 Å². The van der Waals surface area contributed by atoms with Crippen LogP contribution in [0.3, 0.4) is 0 Å². The van der Waals surface area contributed by atoms with Gasteiger partial charge in [0.1, 0.15) is 5.82 Å². The summed E-state index contributed by atoms with van der Waals surface area (Å²) >= 11 is 7.99. The third-order valence-corrected chi connectivity index (χ3v) is 3.49. The maximum atomic E-state index is 11.0. The van der Waals surface area contributed by atoms with Crippen LogP contribution in [0, 0.1) is 3.57 Å². The Morgan fingerprint density at radius 3 is 2.79 bits per heavy atom. The second kappa shape index (κ2) is 5.62. The van der Waals surface area contributed by atoms with Crippen molar-refractivity contribution in [3.8, 4) is 0 Å². The summed E-state index contributed by atoms with van der Waals surface area (Å²) in [4.78, 5) is 15.0. The first-order chi connectivity index (χ1) is 8.97. The normalized spacial score (nSPS) is 10.2. The van der Waals surface area contributed by atoms with Crippen molar-refractivity contribution >= 4 is 57.4 Å². The van der Waals surface area contributed by atoms with Crippen LogP contribution in [-0.2, 0) is 0 Å². The van der Waals surface area contributed by atoms with Gasteiger partial charge in [-0.1, -0.05) is 11.6 Å². The van der Waals surface area contributed by atoms with E-state index in [0.717, 1.165) is 9.26 Å². The molecule has 0 unspecified atom stereocenters. The third kappa shape index (κ3) is 3.27. The smallest absolute Gasteiger partial charge is 0.337 e. The van der Waals surface area contributed by atoms with Crippen molar-refractivity contribution in [2.45, 2.75) is 0 Å². The zero-order chi connectivity index (χ0) is 14.0. The molecule has 0 aliphatic carbocycles. The molecule has 4 N–H and O–H groups in total. The van der Waals surface area contributed by atoms with E-state index >= 15 is 0 Å². The summed E-state index contributed by atoms with van der Waals surface area (Å²) in [7, 11) is 0. The number of pyridine rings is 1. The zero-order valence-electron chi connectivity index (χ0n) is 9.52. The lowest BCUT2D eigenvalue weighted by molar-refractivity contribution is 0.0698.